The predicted molar refractivity (Wildman–Crippen MR) is 243 cm³/mol. The van der Waals surface area contributed by atoms with Crippen LogP contribution in [0.3, 0.4) is 0 Å². The number of aromatic hydroxyl groups is 1. The van der Waals surface area contributed by atoms with Gasteiger partial charge in [-0.2, -0.15) is 5.26 Å². The Morgan fingerprint density at radius 2 is 1.63 bits per heavy atom. The number of rotatable bonds is 13. The van der Waals surface area contributed by atoms with E-state index in [0.29, 0.717) is 34.1 Å². The Labute approximate surface area is 378 Å². The van der Waals surface area contributed by atoms with Gasteiger partial charge in [0.2, 0.25) is 23.6 Å². The van der Waals surface area contributed by atoms with Gasteiger partial charge in [0, 0.05) is 42.8 Å². The Balaban J connectivity index is 1.57. The molecule has 0 spiro atoms. The van der Waals surface area contributed by atoms with E-state index in [1.807, 2.05) is 30.3 Å². The fourth-order valence-corrected chi connectivity index (χ4v) is 7.59. The zero-order valence-corrected chi connectivity index (χ0v) is 38.0. The van der Waals surface area contributed by atoms with Crippen molar-refractivity contribution in [3.05, 3.63) is 88.2 Å². The van der Waals surface area contributed by atoms with Crippen molar-refractivity contribution in [2.24, 2.45) is 11.5 Å². The maximum Gasteiger partial charge on any atom is 0.255 e. The highest BCUT2D eigenvalue weighted by Gasteiger charge is 2.37. The number of methoxy groups -OCH3 is 1. The lowest BCUT2D eigenvalue weighted by molar-refractivity contribution is -0.141. The lowest BCUT2D eigenvalue weighted by atomic mass is 9.86. The molecule has 4 aromatic rings. The molecule has 65 heavy (non-hydrogen) atoms. The van der Waals surface area contributed by atoms with Gasteiger partial charge in [0.25, 0.3) is 5.91 Å². The molecule has 9 N–H and O–H groups in total. The first-order valence-corrected chi connectivity index (χ1v) is 21.2. The van der Waals surface area contributed by atoms with Crippen LogP contribution in [0.15, 0.2) is 54.6 Å². The van der Waals surface area contributed by atoms with E-state index < -0.39 is 53.7 Å². The van der Waals surface area contributed by atoms with Gasteiger partial charge in [-0.15, -0.1) is 0 Å². The number of ether oxygens (including phenoxy) is 2. The Hall–Kier alpha value is -7.10. The number of phenols is 1. The summed E-state index contributed by atoms with van der Waals surface area (Å²) in [6, 6.07) is 12.2. The van der Waals surface area contributed by atoms with Crippen LogP contribution in [-0.4, -0.2) is 108 Å². The van der Waals surface area contributed by atoms with Gasteiger partial charge in [0.05, 0.1) is 30.1 Å². The average molecular weight is 891 g/mol. The van der Waals surface area contributed by atoms with Gasteiger partial charge in [-0.05, 0) is 74.0 Å². The van der Waals surface area contributed by atoms with Gasteiger partial charge >= 0.3 is 0 Å². The molecule has 1 aliphatic rings. The minimum atomic E-state index is -1.44. The number of hydrogen-bond acceptors (Lipinski definition) is 13. The second-order valence-electron chi connectivity index (χ2n) is 16.8. The van der Waals surface area contributed by atoms with Gasteiger partial charge < -0.3 is 52.2 Å². The second-order valence-corrected chi connectivity index (χ2v) is 16.8. The summed E-state index contributed by atoms with van der Waals surface area (Å²) in [5.74, 6) is -2.88. The number of hydrogen-bond donors (Lipinski definition) is 7. The molecule has 5 amide bonds. The molecule has 1 aliphatic heterocycles. The minimum absolute atomic E-state index is 0.0139. The number of carbonyl (C=O) groups is 5. The fourth-order valence-electron chi connectivity index (χ4n) is 7.59. The molecule has 18 nitrogen and oxygen atoms in total. The van der Waals surface area contributed by atoms with Crippen molar-refractivity contribution < 1.29 is 38.6 Å². The predicted octanol–water partition coefficient (Wildman–Crippen LogP) is 2.61. The molecule has 2 heterocycles. The maximum atomic E-state index is 14.7. The number of amides is 5. The van der Waals surface area contributed by atoms with E-state index in [4.69, 9.17) is 26.2 Å². The molecule has 0 saturated heterocycles. The largest absolute Gasteiger partial charge is 0.508 e. The highest BCUT2D eigenvalue weighted by atomic mass is 16.5. The van der Waals surface area contributed by atoms with Gasteiger partial charge in [-0.25, -0.2) is 9.97 Å². The number of nitriles is 1. The molecule has 5 rings (SSSR count). The second kappa shape index (κ2) is 21.1. The Morgan fingerprint density at radius 3 is 2.23 bits per heavy atom. The van der Waals surface area contributed by atoms with Gasteiger partial charge in [0.1, 0.15) is 54.6 Å². The standard InChI is InChI=1S/C47H58N10O8/c1-25-39(26(2)53-41(52-25)28-9-12-31(13-10-28)47(4,5)6)44(61)55-34(15-16-48)46(63)57(7)40-29-11-14-37(65-20-18-50)32(21-29)33-22-30(36(58)24-38(33)64-8)23-35(43(60)51-19-17-49)56-42(59)27(3)54-45(40)62/h9-14,21-22,24,27,34-35,40,58H,15-16,18-20,23,48,50H2,1-8H3,(H,51,60)(H,54,62)(H,55,61)(H,56,59). The Kier molecular flexibility index (Phi) is 15.8. The van der Waals surface area contributed by atoms with Crippen molar-refractivity contribution in [1.82, 2.24) is 36.1 Å². The number of likely N-dealkylation sites (N-methyl/N-ethyl adjacent to an activating group) is 1. The summed E-state index contributed by atoms with van der Waals surface area (Å²) in [5, 5.41) is 30.8. The summed E-state index contributed by atoms with van der Waals surface area (Å²) in [6.45, 7) is 11.0. The van der Waals surface area contributed by atoms with Gasteiger partial charge in [0.15, 0.2) is 5.82 Å². The number of carbonyl (C=O) groups excluding carboxylic acids is 5. The number of benzene rings is 3. The third kappa shape index (κ3) is 11.4. The molecular weight excluding hydrogens is 833 g/mol. The number of aryl methyl sites for hydroxylation is 2. The SMILES string of the molecule is COc1cc(O)c2cc1-c1cc(ccc1OCCN)C(N(C)C(=O)C(CCN)NC(=O)c1c(C)nc(-c3ccc(C(C)(C)C)cc3)nc1C)C(=O)NC(C)C(=O)NC(C(=O)NCC#N)C2. The molecule has 0 aliphatic carbocycles. The number of fused-ring (bicyclic) bond motifs is 5. The van der Waals surface area contributed by atoms with Crippen LogP contribution >= 0.6 is 0 Å². The van der Waals surface area contributed by atoms with Crippen molar-refractivity contribution in [2.45, 2.75) is 84.0 Å². The summed E-state index contributed by atoms with van der Waals surface area (Å²) in [5.41, 5.74) is 15.9. The van der Waals surface area contributed by atoms with E-state index in [9.17, 15) is 29.1 Å². The zero-order valence-electron chi connectivity index (χ0n) is 38.0. The van der Waals surface area contributed by atoms with E-state index in [1.165, 1.54) is 27.1 Å². The van der Waals surface area contributed by atoms with Crippen LogP contribution in [-0.2, 0) is 31.0 Å². The van der Waals surface area contributed by atoms with E-state index in [-0.39, 0.29) is 72.7 Å². The van der Waals surface area contributed by atoms with Crippen LogP contribution < -0.4 is 42.2 Å². The van der Waals surface area contributed by atoms with E-state index in [2.05, 4.69) is 52.0 Å². The molecule has 4 unspecified atom stereocenters. The fraction of sp³-hybridized carbons (Fsp3) is 0.404. The van der Waals surface area contributed by atoms with Crippen LogP contribution in [0.25, 0.3) is 22.5 Å². The van der Waals surface area contributed by atoms with Crippen molar-refractivity contribution in [2.75, 3.05) is 40.4 Å². The third-order valence-electron chi connectivity index (χ3n) is 11.1. The molecule has 0 saturated carbocycles. The van der Waals surface area contributed by atoms with Crippen molar-refractivity contribution >= 4 is 29.5 Å². The first kappa shape index (κ1) is 48.9. The number of nitrogens with one attached hydrogen (secondary N) is 4. The lowest BCUT2D eigenvalue weighted by Crippen LogP contribution is -2.56. The molecule has 0 radical (unpaired) electrons. The van der Waals surface area contributed by atoms with Crippen LogP contribution in [0.2, 0.25) is 0 Å². The highest BCUT2D eigenvalue weighted by molar-refractivity contribution is 6.00. The van der Waals surface area contributed by atoms with Crippen molar-refractivity contribution in [1.29, 1.82) is 5.26 Å². The quantitative estimate of drug-likeness (QED) is 0.0953. The van der Waals surface area contributed by atoms with Crippen molar-refractivity contribution in [3.63, 3.8) is 0 Å². The zero-order chi connectivity index (χ0) is 47.7. The van der Waals surface area contributed by atoms with E-state index in [0.717, 1.165) is 16.0 Å². The normalized spacial score (nSPS) is 16.7. The molecular formula is C47H58N10O8. The molecule has 3 aromatic carbocycles. The van der Waals surface area contributed by atoms with Crippen LogP contribution in [0.5, 0.6) is 17.2 Å². The van der Waals surface area contributed by atoms with E-state index >= 15 is 0 Å². The first-order chi connectivity index (χ1) is 30.8. The lowest BCUT2D eigenvalue weighted by Gasteiger charge is -2.32. The van der Waals surface area contributed by atoms with Crippen molar-refractivity contribution in [3.8, 4) is 45.8 Å². The van der Waals surface area contributed by atoms with Crippen LogP contribution in [0.1, 0.15) is 78.6 Å². The van der Waals surface area contributed by atoms with E-state index in [1.54, 1.807) is 38.1 Å². The molecule has 0 fully saturated rings. The minimum Gasteiger partial charge on any atom is -0.508 e. The average Bonchev–Trinajstić information content (AvgIpc) is 3.26. The van der Waals surface area contributed by atoms with Gasteiger partial charge in [-0.1, -0.05) is 51.1 Å². The first-order valence-electron chi connectivity index (χ1n) is 21.2. The number of nitrogens with two attached hydrogens (primary N) is 2. The summed E-state index contributed by atoms with van der Waals surface area (Å²) < 4.78 is 11.7. The van der Waals surface area contributed by atoms with Crippen LogP contribution in [0, 0.1) is 25.2 Å². The third-order valence-corrected chi connectivity index (χ3v) is 11.1. The Bertz CT molecular complexity index is 2460. The van der Waals surface area contributed by atoms with Crippen LogP contribution in [0.4, 0.5) is 0 Å². The molecule has 18 heteroatoms. The molecule has 4 bridgehead atoms. The summed E-state index contributed by atoms with van der Waals surface area (Å²) in [6.07, 6.45) is -0.237. The number of phenolic OH excluding ortho intramolecular Hbond substituents is 1. The summed E-state index contributed by atoms with van der Waals surface area (Å²) in [4.78, 5) is 80.8. The monoisotopic (exact) mass is 890 g/mol. The summed E-state index contributed by atoms with van der Waals surface area (Å²) >= 11 is 0. The smallest absolute Gasteiger partial charge is 0.255 e. The number of aromatic nitrogens is 2. The number of nitrogens with zero attached hydrogens (tertiary/aromatic N) is 4. The molecule has 4 atom stereocenters. The molecule has 344 valence electrons. The molecule has 1 aromatic heterocycles. The van der Waals surface area contributed by atoms with Gasteiger partial charge in [-0.3, -0.25) is 24.0 Å². The maximum absolute atomic E-state index is 14.7. The Morgan fingerprint density at radius 1 is 0.969 bits per heavy atom. The summed E-state index contributed by atoms with van der Waals surface area (Å²) in [7, 11) is 2.78. The highest BCUT2D eigenvalue weighted by Crippen LogP contribution is 2.42. The topological polar surface area (TPSA) is 277 Å².